The zero-order valence-corrected chi connectivity index (χ0v) is 21.4. The van der Waals surface area contributed by atoms with Gasteiger partial charge >= 0.3 is 0 Å². The molecule has 5 aromatic rings. The van der Waals surface area contributed by atoms with Gasteiger partial charge in [-0.3, -0.25) is 4.98 Å². The molecule has 1 nitrogen and oxygen atoms in total. The average Bonchev–Trinajstić information content (AvgIpc) is 3.19. The second kappa shape index (κ2) is 7.31. The van der Waals surface area contributed by atoms with Crippen LogP contribution in [0.3, 0.4) is 0 Å². The molecular weight excluding hydrogens is 443 g/mol. The third-order valence-corrected chi connectivity index (χ3v) is 14.2. The third kappa shape index (κ3) is 2.86. The van der Waals surface area contributed by atoms with Gasteiger partial charge in [0.2, 0.25) is 0 Å². The van der Waals surface area contributed by atoms with Crippen LogP contribution < -0.4 is 9.69 Å². The normalized spacial score (nSPS) is 13.2. The van der Waals surface area contributed by atoms with Crippen molar-refractivity contribution in [3.63, 3.8) is 0 Å². The highest BCUT2D eigenvalue weighted by atomic mass is 32.2. The molecule has 0 aliphatic carbocycles. The molecule has 0 saturated heterocycles. The van der Waals surface area contributed by atoms with Gasteiger partial charge < -0.3 is 0 Å². The van der Waals surface area contributed by atoms with E-state index in [0.717, 1.165) is 0 Å². The molecule has 1 aliphatic rings. The minimum atomic E-state index is -1.84. The van der Waals surface area contributed by atoms with Crippen molar-refractivity contribution in [1.29, 1.82) is 0 Å². The molecule has 0 saturated carbocycles. The molecule has 0 amide bonds. The first-order valence-electron chi connectivity index (χ1n) is 11.2. The number of pyridine rings is 1. The van der Waals surface area contributed by atoms with E-state index in [0.29, 0.717) is 5.92 Å². The Bertz CT molecular complexity index is 1500. The summed E-state index contributed by atoms with van der Waals surface area (Å²) in [6, 6.07) is 24.5. The van der Waals surface area contributed by atoms with Crippen molar-refractivity contribution >= 4 is 61.7 Å². The molecule has 0 fully saturated rings. The molecule has 0 N–H and O–H groups in total. The lowest BCUT2D eigenvalue weighted by molar-refractivity contribution is 0.853. The lowest BCUT2D eigenvalue weighted by Crippen LogP contribution is -2.52. The van der Waals surface area contributed by atoms with E-state index in [2.05, 4.69) is 93.7 Å². The van der Waals surface area contributed by atoms with Crippen LogP contribution in [0.15, 0.2) is 82.7 Å². The smallest absolute Gasteiger partial charge is 0.126 e. The Labute approximate surface area is 198 Å². The molecule has 0 atom stereocenters. The van der Waals surface area contributed by atoms with Crippen LogP contribution in [0.25, 0.3) is 32.1 Å². The van der Waals surface area contributed by atoms with Gasteiger partial charge in [0.15, 0.2) is 0 Å². The number of benzene rings is 3. The van der Waals surface area contributed by atoms with Gasteiger partial charge in [-0.15, -0.1) is 11.3 Å². The van der Waals surface area contributed by atoms with Gasteiger partial charge in [0.25, 0.3) is 0 Å². The van der Waals surface area contributed by atoms with Crippen molar-refractivity contribution in [2.24, 2.45) is 0 Å². The summed E-state index contributed by atoms with van der Waals surface area (Å²) in [6.45, 7) is 9.64. The van der Waals surface area contributed by atoms with E-state index in [1.807, 2.05) is 29.3 Å². The summed E-state index contributed by atoms with van der Waals surface area (Å²) in [5, 5.41) is 5.55. The fraction of sp³-hybridized carbons (Fsp3) is 0.179. The monoisotopic (exact) mass is 467 g/mol. The third-order valence-electron chi connectivity index (χ3n) is 6.70. The van der Waals surface area contributed by atoms with Crippen LogP contribution in [0, 0.1) is 0 Å². The Morgan fingerprint density at radius 2 is 1.62 bits per heavy atom. The van der Waals surface area contributed by atoms with Crippen molar-refractivity contribution in [2.75, 3.05) is 0 Å². The van der Waals surface area contributed by atoms with E-state index in [-0.39, 0.29) is 0 Å². The molecule has 4 heteroatoms. The highest BCUT2D eigenvalue weighted by Gasteiger charge is 2.36. The minimum absolute atomic E-state index is 0.449. The van der Waals surface area contributed by atoms with E-state index in [9.17, 15) is 0 Å². The fourth-order valence-electron chi connectivity index (χ4n) is 5.04. The standard InChI is InChI=1S/C28H25NS2Si/c1-17(2)23-20-13-9-8-10-18(20)16-21-25-24-22(14-15-29-25)30-28(27(24)31-26(21)23)32(3,4)19-11-6-5-7-12-19/h5-17H,1-4H3. The molecule has 3 heterocycles. The molecule has 32 heavy (non-hydrogen) atoms. The number of aromatic nitrogens is 1. The van der Waals surface area contributed by atoms with Gasteiger partial charge in [0.05, 0.1) is 5.69 Å². The molecule has 0 spiro atoms. The van der Waals surface area contributed by atoms with Crippen LogP contribution in [-0.4, -0.2) is 13.1 Å². The van der Waals surface area contributed by atoms with Crippen molar-refractivity contribution in [3.8, 4) is 11.3 Å². The summed E-state index contributed by atoms with van der Waals surface area (Å²) >= 11 is 4.00. The van der Waals surface area contributed by atoms with Crippen LogP contribution >= 0.6 is 23.1 Å². The predicted octanol–water partition coefficient (Wildman–Crippen LogP) is 7.53. The van der Waals surface area contributed by atoms with Crippen molar-refractivity contribution < 1.29 is 0 Å². The molecule has 0 bridgehead atoms. The number of rotatable bonds is 3. The van der Waals surface area contributed by atoms with Gasteiger partial charge in [-0.25, -0.2) is 0 Å². The molecule has 2 aromatic heterocycles. The van der Waals surface area contributed by atoms with Gasteiger partial charge in [-0.1, -0.05) is 98.5 Å². The molecule has 158 valence electrons. The van der Waals surface area contributed by atoms with Gasteiger partial charge in [0.1, 0.15) is 8.07 Å². The first-order chi connectivity index (χ1) is 15.5. The van der Waals surface area contributed by atoms with Crippen LogP contribution in [0.2, 0.25) is 13.1 Å². The van der Waals surface area contributed by atoms with Crippen molar-refractivity contribution in [1.82, 2.24) is 4.98 Å². The number of fused-ring (bicyclic) bond motifs is 3. The topological polar surface area (TPSA) is 12.9 Å². The van der Waals surface area contributed by atoms with Crippen LogP contribution in [0.5, 0.6) is 0 Å². The van der Waals surface area contributed by atoms with E-state index in [4.69, 9.17) is 4.98 Å². The number of hydrogen-bond acceptors (Lipinski definition) is 3. The fourth-order valence-corrected chi connectivity index (χ4v) is 12.1. The first kappa shape index (κ1) is 20.2. The van der Waals surface area contributed by atoms with Crippen molar-refractivity contribution in [3.05, 3.63) is 78.5 Å². The molecule has 1 aliphatic heterocycles. The lowest BCUT2D eigenvalue weighted by atomic mass is 9.91. The average molecular weight is 468 g/mol. The number of thiophene rings is 1. The highest BCUT2D eigenvalue weighted by Crippen LogP contribution is 2.52. The van der Waals surface area contributed by atoms with Gasteiger partial charge in [-0.05, 0) is 34.4 Å². The minimum Gasteiger partial charge on any atom is -0.255 e. The number of hydrogen-bond donors (Lipinski definition) is 0. The quantitative estimate of drug-likeness (QED) is 0.250. The van der Waals surface area contributed by atoms with Gasteiger partial charge in [-0.2, -0.15) is 0 Å². The summed E-state index contributed by atoms with van der Waals surface area (Å²) in [7, 11) is -1.84. The van der Waals surface area contributed by atoms with E-state index in [1.54, 1.807) is 4.50 Å². The summed E-state index contributed by atoms with van der Waals surface area (Å²) in [4.78, 5) is 7.83. The highest BCUT2D eigenvalue weighted by molar-refractivity contribution is 8.00. The Morgan fingerprint density at radius 3 is 2.41 bits per heavy atom. The summed E-state index contributed by atoms with van der Waals surface area (Å²) < 4.78 is 2.94. The molecular formula is C28H25NS2Si. The Morgan fingerprint density at radius 1 is 0.875 bits per heavy atom. The van der Waals surface area contributed by atoms with Crippen LogP contribution in [0.4, 0.5) is 0 Å². The van der Waals surface area contributed by atoms with E-state index < -0.39 is 8.07 Å². The van der Waals surface area contributed by atoms with Gasteiger partial charge in [0, 0.05) is 36.1 Å². The maximum Gasteiger partial charge on any atom is 0.126 e. The lowest BCUT2D eigenvalue weighted by Gasteiger charge is -2.27. The zero-order chi connectivity index (χ0) is 22.0. The second-order valence-electron chi connectivity index (χ2n) is 9.43. The van der Waals surface area contributed by atoms with Crippen molar-refractivity contribution in [2.45, 2.75) is 42.7 Å². The maximum atomic E-state index is 4.96. The maximum absolute atomic E-state index is 4.96. The molecule has 6 rings (SSSR count). The summed E-state index contributed by atoms with van der Waals surface area (Å²) in [5.74, 6) is 0.449. The SMILES string of the molecule is CC(C)c1c2c(cc3ccccc13)-c1nccc3sc([Si](C)(C)c4ccccc4)c(c13)S2. The number of nitrogens with zero attached hydrogens (tertiary/aromatic N) is 1. The zero-order valence-electron chi connectivity index (χ0n) is 18.8. The molecule has 0 unspecified atom stereocenters. The Kier molecular flexibility index (Phi) is 4.62. The van der Waals surface area contributed by atoms with E-state index >= 15 is 0 Å². The van der Waals surface area contributed by atoms with E-state index in [1.165, 1.54) is 52.7 Å². The second-order valence-corrected chi connectivity index (χ2v) is 16.2. The van der Waals surface area contributed by atoms with Crippen LogP contribution in [0.1, 0.15) is 25.3 Å². The summed E-state index contributed by atoms with van der Waals surface area (Å²) in [6.07, 6.45) is 2.00. The molecule has 3 aromatic carbocycles. The first-order valence-corrected chi connectivity index (χ1v) is 15.8. The van der Waals surface area contributed by atoms with Crippen LogP contribution in [-0.2, 0) is 0 Å². The molecule has 0 radical (unpaired) electrons. The summed E-state index contributed by atoms with van der Waals surface area (Å²) in [5.41, 5.74) is 3.93. The predicted molar refractivity (Wildman–Crippen MR) is 144 cm³/mol. The Hall–Kier alpha value is -2.40. The largest absolute Gasteiger partial charge is 0.255 e. The Balaban J connectivity index is 1.69.